The fourth-order valence-electron chi connectivity index (χ4n) is 4.35. The van der Waals surface area contributed by atoms with Crippen LogP contribution >= 0.6 is 35.4 Å². The summed E-state index contributed by atoms with van der Waals surface area (Å²) in [5.41, 5.74) is 5.29. The minimum Gasteiger partial charge on any atom is -0.352 e. The minimum atomic E-state index is -0.0194. The molecule has 0 amide bonds. The van der Waals surface area contributed by atoms with Crippen molar-refractivity contribution in [2.75, 3.05) is 6.54 Å². The first-order valence-electron chi connectivity index (χ1n) is 10.0. The van der Waals surface area contributed by atoms with E-state index in [1.165, 1.54) is 5.56 Å². The van der Waals surface area contributed by atoms with Crippen LogP contribution in [0.4, 0.5) is 0 Å². The maximum absolute atomic E-state index is 6.56. The van der Waals surface area contributed by atoms with Crippen LogP contribution in [0, 0.1) is 13.8 Å². The van der Waals surface area contributed by atoms with Gasteiger partial charge in [-0.25, -0.2) is 0 Å². The van der Waals surface area contributed by atoms with Gasteiger partial charge < -0.3 is 14.8 Å². The highest BCUT2D eigenvalue weighted by atomic mass is 35.5. The number of nitrogens with one attached hydrogen (secondary N) is 1. The summed E-state index contributed by atoms with van der Waals surface area (Å²) in [6, 6.07) is 14.0. The van der Waals surface area contributed by atoms with Crippen LogP contribution in [0.25, 0.3) is 5.69 Å². The molecule has 3 heterocycles. The molecule has 1 aliphatic heterocycles. The number of thiocarbonyl (C=S) groups is 1. The highest BCUT2D eigenvalue weighted by Gasteiger charge is 2.41. The van der Waals surface area contributed by atoms with Gasteiger partial charge in [0.1, 0.15) is 0 Å². The Labute approximate surface area is 192 Å². The number of rotatable bonds is 5. The molecule has 1 aromatic carbocycles. The molecule has 156 valence electrons. The topological polar surface area (TPSA) is 33.1 Å². The van der Waals surface area contributed by atoms with Crippen molar-refractivity contribution in [3.63, 3.8) is 0 Å². The van der Waals surface area contributed by atoms with E-state index in [9.17, 15) is 0 Å². The lowest BCUT2D eigenvalue weighted by Gasteiger charge is -2.28. The Hall–Kier alpha value is -2.08. The molecule has 3 aromatic rings. The van der Waals surface area contributed by atoms with E-state index in [-0.39, 0.29) is 12.1 Å². The predicted octanol–water partition coefficient (Wildman–Crippen LogP) is 6.18. The first kappa shape index (κ1) is 21.2. The second kappa shape index (κ2) is 8.58. The summed E-state index contributed by atoms with van der Waals surface area (Å²) in [4.78, 5) is 6.89. The largest absolute Gasteiger partial charge is 0.352 e. The van der Waals surface area contributed by atoms with E-state index in [1.807, 2.05) is 36.5 Å². The molecule has 0 unspecified atom stereocenters. The van der Waals surface area contributed by atoms with Gasteiger partial charge in [0, 0.05) is 24.1 Å². The lowest BCUT2D eigenvalue weighted by atomic mass is 9.96. The number of aromatic nitrogens is 2. The van der Waals surface area contributed by atoms with Crippen LogP contribution in [0.5, 0.6) is 0 Å². The van der Waals surface area contributed by atoms with Crippen molar-refractivity contribution in [3.05, 3.63) is 81.4 Å². The zero-order chi connectivity index (χ0) is 21.4. The number of hydrogen-bond donors (Lipinski definition) is 1. The molecule has 0 bridgehead atoms. The summed E-state index contributed by atoms with van der Waals surface area (Å²) < 4.78 is 2.17. The van der Waals surface area contributed by atoms with Gasteiger partial charge in [0.05, 0.1) is 33.5 Å². The van der Waals surface area contributed by atoms with Gasteiger partial charge in [0.15, 0.2) is 5.11 Å². The lowest BCUT2D eigenvalue weighted by Crippen LogP contribution is -2.30. The first-order chi connectivity index (χ1) is 14.4. The number of benzene rings is 1. The van der Waals surface area contributed by atoms with E-state index in [4.69, 9.17) is 35.4 Å². The van der Waals surface area contributed by atoms with Gasteiger partial charge in [-0.2, -0.15) is 0 Å². The Morgan fingerprint density at radius 1 is 1.13 bits per heavy atom. The summed E-state index contributed by atoms with van der Waals surface area (Å²) in [5.74, 6) is 0. The summed E-state index contributed by atoms with van der Waals surface area (Å²) in [6.45, 7) is 7.26. The van der Waals surface area contributed by atoms with Crippen molar-refractivity contribution in [1.29, 1.82) is 0 Å². The number of hydrogen-bond acceptors (Lipinski definition) is 2. The van der Waals surface area contributed by atoms with Crippen LogP contribution in [0.2, 0.25) is 10.0 Å². The fourth-order valence-corrected chi connectivity index (χ4v) is 5.06. The van der Waals surface area contributed by atoms with Crippen molar-refractivity contribution in [3.8, 4) is 5.69 Å². The van der Waals surface area contributed by atoms with Crippen LogP contribution in [-0.4, -0.2) is 26.1 Å². The lowest BCUT2D eigenvalue weighted by molar-refractivity contribution is 0.316. The molecule has 7 heteroatoms. The fraction of sp³-hybridized carbons (Fsp3) is 0.304. The predicted molar refractivity (Wildman–Crippen MR) is 128 cm³/mol. The van der Waals surface area contributed by atoms with E-state index in [0.717, 1.165) is 40.8 Å². The maximum Gasteiger partial charge on any atom is 0.170 e. The molecule has 1 fully saturated rings. The van der Waals surface area contributed by atoms with Crippen LogP contribution in [0.3, 0.4) is 0 Å². The Kier molecular flexibility index (Phi) is 6.05. The number of nitrogens with zero attached hydrogens (tertiary/aromatic N) is 3. The molecule has 30 heavy (non-hydrogen) atoms. The maximum atomic E-state index is 6.56. The molecule has 2 atom stereocenters. The first-order valence-corrected chi connectivity index (χ1v) is 11.2. The zero-order valence-electron chi connectivity index (χ0n) is 17.2. The molecular weight excluding hydrogens is 435 g/mol. The van der Waals surface area contributed by atoms with Gasteiger partial charge in [0.2, 0.25) is 0 Å². The molecule has 0 radical (unpaired) electrons. The van der Waals surface area contributed by atoms with Crippen molar-refractivity contribution in [2.24, 2.45) is 0 Å². The third-order valence-corrected chi connectivity index (χ3v) is 6.78. The number of aryl methyl sites for hydroxylation is 1. The van der Waals surface area contributed by atoms with Gasteiger partial charge in [0.25, 0.3) is 0 Å². The molecule has 0 spiro atoms. The molecule has 0 aliphatic carbocycles. The van der Waals surface area contributed by atoms with E-state index in [0.29, 0.717) is 10.0 Å². The van der Waals surface area contributed by atoms with Crippen LogP contribution in [0.15, 0.2) is 48.7 Å². The Bertz CT molecular complexity index is 1080. The third-order valence-electron chi connectivity index (χ3n) is 5.62. The third kappa shape index (κ3) is 3.59. The molecule has 4 nitrogen and oxygen atoms in total. The molecule has 1 N–H and O–H groups in total. The summed E-state index contributed by atoms with van der Waals surface area (Å²) >= 11 is 18.6. The Balaban J connectivity index is 1.86. The highest BCUT2D eigenvalue weighted by molar-refractivity contribution is 7.80. The minimum absolute atomic E-state index is 0.0194. The Morgan fingerprint density at radius 2 is 1.93 bits per heavy atom. The SMILES string of the molecule is CCCN1C(=S)N[C@H](c2ccccn2)[C@@H]1c1cc(C)n(-c2cccc(Cl)c2Cl)c1C. The smallest absolute Gasteiger partial charge is 0.170 e. The van der Waals surface area contributed by atoms with Gasteiger partial charge in [-0.05, 0) is 68.4 Å². The van der Waals surface area contributed by atoms with Crippen molar-refractivity contribution in [1.82, 2.24) is 19.8 Å². The summed E-state index contributed by atoms with van der Waals surface area (Å²) in [7, 11) is 0. The molecule has 0 saturated carbocycles. The van der Waals surface area contributed by atoms with Gasteiger partial charge in [-0.3, -0.25) is 4.98 Å². The van der Waals surface area contributed by atoms with E-state index in [2.05, 4.69) is 52.7 Å². The second-order valence-corrected chi connectivity index (χ2v) is 8.73. The van der Waals surface area contributed by atoms with E-state index in [1.54, 1.807) is 0 Å². The standard InChI is InChI=1S/C23H24Cl2N4S/c1-4-12-28-22(21(27-23(28)30)18-9-5-6-11-26-18)16-13-14(2)29(15(16)3)19-10-7-8-17(24)20(19)25/h5-11,13,21-22H,4,12H2,1-3H3,(H,27,30)/t21-,22+/m1/s1. The second-order valence-electron chi connectivity index (χ2n) is 7.55. The quantitative estimate of drug-likeness (QED) is 0.462. The molecular formula is C23H24Cl2N4S. The molecule has 2 aromatic heterocycles. The molecule has 1 aliphatic rings. The van der Waals surface area contributed by atoms with Crippen LogP contribution in [0.1, 0.15) is 48.1 Å². The number of pyridine rings is 1. The summed E-state index contributed by atoms with van der Waals surface area (Å²) in [5, 5.41) is 5.38. The summed E-state index contributed by atoms with van der Waals surface area (Å²) in [6.07, 6.45) is 2.83. The van der Waals surface area contributed by atoms with E-state index < -0.39 is 0 Å². The van der Waals surface area contributed by atoms with Crippen molar-refractivity contribution >= 4 is 40.5 Å². The van der Waals surface area contributed by atoms with Gasteiger partial charge in [-0.1, -0.05) is 42.3 Å². The van der Waals surface area contributed by atoms with Crippen LogP contribution < -0.4 is 5.32 Å². The molecule has 4 rings (SSSR count). The zero-order valence-corrected chi connectivity index (χ0v) is 19.5. The normalized spacial score (nSPS) is 18.7. The van der Waals surface area contributed by atoms with Gasteiger partial charge in [-0.15, -0.1) is 0 Å². The Morgan fingerprint density at radius 3 is 2.63 bits per heavy atom. The van der Waals surface area contributed by atoms with Crippen molar-refractivity contribution in [2.45, 2.75) is 39.3 Å². The average molecular weight is 459 g/mol. The average Bonchev–Trinajstić information content (AvgIpc) is 3.21. The highest BCUT2D eigenvalue weighted by Crippen LogP contribution is 2.42. The number of halogens is 2. The molecule has 1 saturated heterocycles. The van der Waals surface area contributed by atoms with Gasteiger partial charge >= 0.3 is 0 Å². The van der Waals surface area contributed by atoms with Crippen molar-refractivity contribution < 1.29 is 0 Å². The monoisotopic (exact) mass is 458 g/mol. The van der Waals surface area contributed by atoms with Crippen LogP contribution in [-0.2, 0) is 0 Å². The van der Waals surface area contributed by atoms with E-state index >= 15 is 0 Å².